The number of benzene rings is 1. The van der Waals surface area contributed by atoms with Crippen molar-refractivity contribution in [2.75, 3.05) is 13.1 Å². The number of halogens is 1. The zero-order chi connectivity index (χ0) is 17.4. The van der Waals surface area contributed by atoms with E-state index in [0.717, 1.165) is 28.1 Å². The third-order valence-electron chi connectivity index (χ3n) is 4.54. The fourth-order valence-electron chi connectivity index (χ4n) is 3.18. The maximum Gasteiger partial charge on any atom is 0.319 e. The van der Waals surface area contributed by atoms with Crippen LogP contribution in [0.2, 0.25) is 5.02 Å². The van der Waals surface area contributed by atoms with Gasteiger partial charge in [0.2, 0.25) is 0 Å². The smallest absolute Gasteiger partial charge is 0.319 e. The van der Waals surface area contributed by atoms with Crippen LogP contribution in [0.3, 0.4) is 0 Å². The van der Waals surface area contributed by atoms with E-state index in [-0.39, 0.29) is 11.6 Å². The Morgan fingerprint density at radius 1 is 1.28 bits per heavy atom. The number of pyridine rings is 1. The van der Waals surface area contributed by atoms with Gasteiger partial charge in [0.1, 0.15) is 0 Å². The molecule has 128 valence electrons. The minimum atomic E-state index is -0.204. The van der Waals surface area contributed by atoms with Crippen molar-refractivity contribution in [2.24, 2.45) is 0 Å². The molecule has 2 aromatic heterocycles. The number of carbonyl (C=O) groups excluding carboxylic acids is 1. The van der Waals surface area contributed by atoms with Crippen molar-refractivity contribution in [3.63, 3.8) is 0 Å². The summed E-state index contributed by atoms with van der Waals surface area (Å²) in [5, 5.41) is 13.6. The summed E-state index contributed by atoms with van der Waals surface area (Å²) < 4.78 is 1.76. The first-order valence-electron chi connectivity index (χ1n) is 8.15. The van der Waals surface area contributed by atoms with Crippen LogP contribution in [0.15, 0.2) is 42.6 Å². The highest BCUT2D eigenvalue weighted by atomic mass is 35.5. The van der Waals surface area contributed by atoms with Gasteiger partial charge in [0.15, 0.2) is 6.20 Å². The highest BCUT2D eigenvalue weighted by molar-refractivity contribution is 7.18. The molecular weight excluding hydrogens is 358 g/mol. The van der Waals surface area contributed by atoms with Gasteiger partial charge in [0.05, 0.1) is 15.2 Å². The maximum atomic E-state index is 12.5. The second kappa shape index (κ2) is 6.61. The van der Waals surface area contributed by atoms with E-state index in [0.29, 0.717) is 28.8 Å². The number of nitrogens with zero attached hydrogens (tertiary/aromatic N) is 3. The van der Waals surface area contributed by atoms with Crippen molar-refractivity contribution >= 4 is 39.1 Å². The van der Waals surface area contributed by atoms with Crippen LogP contribution in [-0.2, 0) is 0 Å². The van der Waals surface area contributed by atoms with Gasteiger partial charge in [-0.2, -0.15) is 4.73 Å². The highest BCUT2D eigenvalue weighted by Crippen LogP contribution is 2.34. The summed E-state index contributed by atoms with van der Waals surface area (Å²) in [6.07, 6.45) is 3.06. The van der Waals surface area contributed by atoms with Crippen LogP contribution >= 0.6 is 22.9 Å². The van der Waals surface area contributed by atoms with E-state index in [1.165, 1.54) is 6.20 Å². The van der Waals surface area contributed by atoms with Gasteiger partial charge < -0.3 is 10.1 Å². The van der Waals surface area contributed by atoms with E-state index in [4.69, 9.17) is 16.6 Å². The van der Waals surface area contributed by atoms with Crippen LogP contribution in [0.1, 0.15) is 34.3 Å². The predicted molar refractivity (Wildman–Crippen MR) is 97.9 cm³/mol. The van der Waals surface area contributed by atoms with Crippen molar-refractivity contribution in [1.82, 2.24) is 9.88 Å². The molecule has 4 rings (SSSR count). The topological polar surface area (TPSA) is 60.1 Å². The second-order valence-electron chi connectivity index (χ2n) is 6.14. The summed E-state index contributed by atoms with van der Waals surface area (Å²) >= 11 is 7.73. The van der Waals surface area contributed by atoms with Gasteiger partial charge in [-0.1, -0.05) is 11.6 Å². The first-order chi connectivity index (χ1) is 12.1. The number of fused-ring (bicyclic) bond motifs is 1. The molecular formula is C18H16ClN3O2S. The van der Waals surface area contributed by atoms with Gasteiger partial charge in [-0.25, -0.2) is 4.98 Å². The normalized spacial score (nSPS) is 15.6. The fraction of sp³-hybridized carbons (Fsp3) is 0.278. The van der Waals surface area contributed by atoms with Crippen LogP contribution in [0.4, 0.5) is 0 Å². The highest BCUT2D eigenvalue weighted by Gasteiger charge is 2.29. The summed E-state index contributed by atoms with van der Waals surface area (Å²) in [5.74, 6) is 0.139. The molecule has 0 radical (unpaired) electrons. The molecule has 0 bridgehead atoms. The number of hydrogen-bond acceptors (Lipinski definition) is 4. The van der Waals surface area contributed by atoms with Crippen molar-refractivity contribution < 1.29 is 9.52 Å². The Kier molecular flexibility index (Phi) is 4.31. The van der Waals surface area contributed by atoms with Gasteiger partial charge in [-0.05, 0) is 37.1 Å². The number of carbonyl (C=O) groups is 1. The standard InChI is InChI=1S/C18H16ClN3O2S/c19-13-4-5-16-14(11-13)20-17(25-16)12-6-9-21(10-7-12)18(23)15-3-1-2-8-22(15)24/h1-5,8,11-12H,6-7,9-10H2. The van der Waals surface area contributed by atoms with E-state index in [1.807, 2.05) is 18.2 Å². The number of piperidine rings is 1. The number of likely N-dealkylation sites (tertiary alicyclic amines) is 1. The van der Waals surface area contributed by atoms with Crippen molar-refractivity contribution in [3.8, 4) is 0 Å². The van der Waals surface area contributed by atoms with Crippen LogP contribution < -0.4 is 4.73 Å². The average molecular weight is 374 g/mol. The molecule has 0 unspecified atom stereocenters. The molecule has 1 aliphatic rings. The molecule has 3 aromatic rings. The Balaban J connectivity index is 1.47. The van der Waals surface area contributed by atoms with Crippen molar-refractivity contribution in [3.05, 3.63) is 63.5 Å². The largest absolute Gasteiger partial charge is 0.618 e. The van der Waals surface area contributed by atoms with E-state index >= 15 is 0 Å². The Hall–Kier alpha value is -2.18. The molecule has 0 saturated carbocycles. The van der Waals surface area contributed by atoms with Crippen molar-refractivity contribution in [1.29, 1.82) is 0 Å². The quantitative estimate of drug-likeness (QED) is 0.509. The summed E-state index contributed by atoms with van der Waals surface area (Å²) in [4.78, 5) is 19.0. The third-order valence-corrected chi connectivity index (χ3v) is 5.97. The lowest BCUT2D eigenvalue weighted by Gasteiger charge is -2.30. The first kappa shape index (κ1) is 16.3. The lowest BCUT2D eigenvalue weighted by Crippen LogP contribution is -2.44. The lowest BCUT2D eigenvalue weighted by molar-refractivity contribution is -0.608. The van der Waals surface area contributed by atoms with Gasteiger partial charge in [0, 0.05) is 36.2 Å². The first-order valence-corrected chi connectivity index (χ1v) is 9.35. The minimum Gasteiger partial charge on any atom is -0.618 e. The van der Waals surface area contributed by atoms with E-state index in [9.17, 15) is 10.0 Å². The molecule has 5 nitrogen and oxygen atoms in total. The monoisotopic (exact) mass is 373 g/mol. The SMILES string of the molecule is O=C(c1cccc[n+]1[O-])N1CCC(c2nc3cc(Cl)ccc3s2)CC1. The molecule has 0 spiro atoms. The average Bonchev–Trinajstić information content (AvgIpc) is 3.05. The molecule has 3 heterocycles. The molecule has 1 amide bonds. The van der Waals surface area contributed by atoms with Gasteiger partial charge >= 0.3 is 5.91 Å². The number of rotatable bonds is 2. The summed E-state index contributed by atoms with van der Waals surface area (Å²) in [7, 11) is 0. The Bertz CT molecular complexity index is 935. The van der Waals surface area contributed by atoms with Crippen LogP contribution in [-0.4, -0.2) is 28.9 Å². The molecule has 1 aliphatic heterocycles. The van der Waals surface area contributed by atoms with Crippen LogP contribution in [0, 0.1) is 5.21 Å². The fourth-order valence-corrected chi connectivity index (χ4v) is 4.46. The number of aromatic nitrogens is 2. The Labute approximate surface area is 154 Å². The molecule has 1 aromatic carbocycles. The minimum absolute atomic E-state index is 0.176. The van der Waals surface area contributed by atoms with E-state index < -0.39 is 0 Å². The number of thiazole rings is 1. The summed E-state index contributed by atoms with van der Waals surface area (Å²) in [5.41, 5.74) is 1.11. The molecule has 0 aliphatic carbocycles. The second-order valence-corrected chi connectivity index (χ2v) is 7.64. The molecule has 1 saturated heterocycles. The van der Waals surface area contributed by atoms with Gasteiger partial charge in [-0.3, -0.25) is 4.79 Å². The summed E-state index contributed by atoms with van der Waals surface area (Å²) in [6, 6.07) is 10.7. The van der Waals surface area contributed by atoms with Crippen LogP contribution in [0.25, 0.3) is 10.2 Å². The number of hydrogen-bond donors (Lipinski definition) is 0. The van der Waals surface area contributed by atoms with E-state index in [2.05, 4.69) is 0 Å². The van der Waals surface area contributed by atoms with Crippen LogP contribution in [0.5, 0.6) is 0 Å². The molecule has 0 N–H and O–H groups in total. The predicted octanol–water partition coefficient (Wildman–Crippen LogP) is 3.60. The molecule has 7 heteroatoms. The van der Waals surface area contributed by atoms with Crippen molar-refractivity contribution in [2.45, 2.75) is 18.8 Å². The Morgan fingerprint density at radius 3 is 2.84 bits per heavy atom. The molecule has 0 atom stereocenters. The third kappa shape index (κ3) is 3.19. The molecule has 25 heavy (non-hydrogen) atoms. The Morgan fingerprint density at radius 2 is 2.08 bits per heavy atom. The number of amides is 1. The van der Waals surface area contributed by atoms with Gasteiger partial charge in [-0.15, -0.1) is 11.3 Å². The zero-order valence-corrected chi connectivity index (χ0v) is 15.0. The summed E-state index contributed by atoms with van der Waals surface area (Å²) in [6.45, 7) is 1.27. The van der Waals surface area contributed by atoms with E-state index in [1.54, 1.807) is 34.4 Å². The maximum absolute atomic E-state index is 12.5. The van der Waals surface area contributed by atoms with Gasteiger partial charge in [0.25, 0.3) is 5.69 Å². The zero-order valence-electron chi connectivity index (χ0n) is 13.4. The molecule has 1 fully saturated rings. The lowest BCUT2D eigenvalue weighted by atomic mass is 9.97.